The van der Waals surface area contributed by atoms with Crippen LogP contribution in [0.5, 0.6) is 5.75 Å². The fourth-order valence-corrected chi connectivity index (χ4v) is 6.05. The number of hydrogen-bond donors (Lipinski definition) is 3. The van der Waals surface area contributed by atoms with Crippen LogP contribution >= 0.6 is 39.0 Å². The number of benzene rings is 4. The summed E-state index contributed by atoms with van der Waals surface area (Å²) in [6.45, 7) is 1.82. The molecule has 11 heteroatoms. The van der Waals surface area contributed by atoms with Gasteiger partial charge < -0.3 is 20.7 Å². The van der Waals surface area contributed by atoms with E-state index in [4.69, 9.17) is 4.74 Å². The number of ether oxygens (including phenoxy) is 1. The molecule has 1 aromatic heterocycles. The van der Waals surface area contributed by atoms with E-state index in [0.29, 0.717) is 16.4 Å². The van der Waals surface area contributed by atoms with Crippen molar-refractivity contribution in [2.45, 2.75) is 17.1 Å². The van der Waals surface area contributed by atoms with Crippen molar-refractivity contribution in [2.24, 2.45) is 0 Å². The minimum absolute atomic E-state index is 0.0941. The van der Waals surface area contributed by atoms with Crippen LogP contribution in [0.4, 0.5) is 10.8 Å². The van der Waals surface area contributed by atoms with Gasteiger partial charge in [0.25, 0.3) is 11.8 Å². The molecule has 5 rings (SSSR count). The third-order valence-electron chi connectivity index (χ3n) is 6.60. The van der Waals surface area contributed by atoms with E-state index in [9.17, 15) is 14.4 Å². The van der Waals surface area contributed by atoms with Gasteiger partial charge in [0.15, 0.2) is 5.13 Å². The summed E-state index contributed by atoms with van der Waals surface area (Å²) in [6.07, 6.45) is 1.62. The Bertz CT molecular complexity index is 1860. The molecule has 3 N–H and O–H groups in total. The van der Waals surface area contributed by atoms with Gasteiger partial charge in [-0.25, -0.2) is 4.98 Å². The van der Waals surface area contributed by atoms with Gasteiger partial charge in [0.2, 0.25) is 5.91 Å². The molecule has 4 aromatic carbocycles. The molecule has 1 atom stereocenters. The van der Waals surface area contributed by atoms with Gasteiger partial charge >= 0.3 is 0 Å². The fourth-order valence-electron chi connectivity index (χ4n) is 4.19. The van der Waals surface area contributed by atoms with Crippen molar-refractivity contribution in [3.63, 3.8) is 0 Å². The highest BCUT2D eigenvalue weighted by Gasteiger charge is 2.18. The van der Waals surface area contributed by atoms with Gasteiger partial charge in [-0.2, -0.15) is 0 Å². The zero-order valence-corrected chi connectivity index (χ0v) is 28.0. The van der Waals surface area contributed by atoms with Crippen molar-refractivity contribution in [1.29, 1.82) is 0 Å². The lowest BCUT2D eigenvalue weighted by molar-refractivity contribution is -0.115. The van der Waals surface area contributed by atoms with Crippen molar-refractivity contribution in [1.82, 2.24) is 10.3 Å². The van der Waals surface area contributed by atoms with Crippen LogP contribution in [0.2, 0.25) is 0 Å². The van der Waals surface area contributed by atoms with Crippen molar-refractivity contribution in [3.8, 4) is 17.0 Å². The molecule has 0 saturated heterocycles. The molecule has 46 heavy (non-hydrogen) atoms. The number of hydrogen-bond acceptors (Lipinski definition) is 7. The zero-order chi connectivity index (χ0) is 32.5. The second-order valence-corrected chi connectivity index (χ2v) is 13.1. The van der Waals surface area contributed by atoms with Crippen molar-refractivity contribution in [3.05, 3.63) is 130 Å². The standard InChI is InChI=1S/C35H29BrN4O4S2/c1-22(32(41)40-35-39-31(21-45-35)25-9-6-10-28(20-25)44-2)46-29-17-15-27(16-18-29)37-34(43)30(19-23-11-13-26(36)14-12-23)38-33(42)24-7-4-3-5-8-24/h3-22H,1-2H3,(H,37,43)(H,38,42)(H,39,40,41)/b30-19-. The Morgan fingerprint density at radius 2 is 1.65 bits per heavy atom. The maximum atomic E-state index is 13.3. The quantitative estimate of drug-likeness (QED) is 0.0943. The second-order valence-electron chi connectivity index (χ2n) is 9.93. The average molecular weight is 714 g/mol. The maximum Gasteiger partial charge on any atom is 0.272 e. The smallest absolute Gasteiger partial charge is 0.272 e. The van der Waals surface area contributed by atoms with E-state index in [0.717, 1.165) is 31.9 Å². The van der Waals surface area contributed by atoms with Gasteiger partial charge in [-0.3, -0.25) is 14.4 Å². The van der Waals surface area contributed by atoms with Gasteiger partial charge in [0.05, 0.1) is 18.1 Å². The molecule has 0 fully saturated rings. The Morgan fingerprint density at radius 1 is 0.913 bits per heavy atom. The van der Waals surface area contributed by atoms with E-state index in [1.54, 1.807) is 49.6 Å². The third kappa shape index (κ3) is 8.94. The molecule has 5 aromatic rings. The lowest BCUT2D eigenvalue weighted by Gasteiger charge is -2.13. The molecule has 0 bridgehead atoms. The molecule has 0 spiro atoms. The highest BCUT2D eigenvalue weighted by Crippen LogP contribution is 2.29. The summed E-state index contributed by atoms with van der Waals surface area (Å²) in [6, 6.07) is 30.8. The monoisotopic (exact) mass is 712 g/mol. The topological polar surface area (TPSA) is 109 Å². The molecule has 0 aliphatic rings. The summed E-state index contributed by atoms with van der Waals surface area (Å²) in [5.74, 6) is -0.311. The van der Waals surface area contributed by atoms with Crippen molar-refractivity contribution < 1.29 is 19.1 Å². The first-order valence-corrected chi connectivity index (χ1v) is 16.6. The first-order chi connectivity index (χ1) is 22.3. The van der Waals surface area contributed by atoms with Crippen LogP contribution < -0.4 is 20.7 Å². The highest BCUT2D eigenvalue weighted by atomic mass is 79.9. The van der Waals surface area contributed by atoms with Crippen LogP contribution in [0.15, 0.2) is 124 Å². The van der Waals surface area contributed by atoms with E-state index in [2.05, 4.69) is 36.9 Å². The van der Waals surface area contributed by atoms with E-state index >= 15 is 0 Å². The number of thioether (sulfide) groups is 1. The molecular weight excluding hydrogens is 684 g/mol. The number of methoxy groups -OCH3 is 1. The van der Waals surface area contributed by atoms with Crippen LogP contribution in [0.3, 0.4) is 0 Å². The minimum Gasteiger partial charge on any atom is -0.497 e. The first kappa shape index (κ1) is 32.7. The Hall–Kier alpha value is -4.71. The van der Waals surface area contributed by atoms with Crippen LogP contribution in [0.25, 0.3) is 17.3 Å². The molecule has 0 aliphatic heterocycles. The number of halogens is 1. The van der Waals surface area contributed by atoms with Crippen LogP contribution in [0.1, 0.15) is 22.8 Å². The second kappa shape index (κ2) is 15.5. The Balaban J connectivity index is 1.20. The molecular formula is C35H29BrN4O4S2. The van der Waals surface area contributed by atoms with E-state index < -0.39 is 17.1 Å². The minimum atomic E-state index is -0.475. The van der Waals surface area contributed by atoms with E-state index in [1.807, 2.05) is 79.0 Å². The number of nitrogens with zero attached hydrogens (tertiary/aromatic N) is 1. The Kier molecular flexibility index (Phi) is 11.0. The van der Waals surface area contributed by atoms with Crippen LogP contribution in [0, 0.1) is 0 Å². The number of anilines is 2. The number of nitrogens with one attached hydrogen (secondary N) is 3. The summed E-state index contributed by atoms with van der Waals surface area (Å²) < 4.78 is 6.19. The summed E-state index contributed by atoms with van der Waals surface area (Å²) in [5, 5.41) is 10.5. The maximum absolute atomic E-state index is 13.3. The zero-order valence-electron chi connectivity index (χ0n) is 24.8. The lowest BCUT2D eigenvalue weighted by Crippen LogP contribution is -2.30. The molecule has 0 saturated carbocycles. The van der Waals surface area contributed by atoms with E-state index in [-0.39, 0.29) is 11.6 Å². The predicted molar refractivity (Wildman–Crippen MR) is 189 cm³/mol. The number of thiazole rings is 1. The summed E-state index contributed by atoms with van der Waals surface area (Å²) in [7, 11) is 1.61. The van der Waals surface area contributed by atoms with Crippen molar-refractivity contribution in [2.75, 3.05) is 17.7 Å². The SMILES string of the molecule is COc1cccc(-c2csc(NC(=O)C(C)Sc3ccc(NC(=O)/C(=C/c4ccc(Br)cc4)NC(=O)c4ccccc4)cc3)n2)c1. The van der Waals surface area contributed by atoms with Gasteiger partial charge in [0.1, 0.15) is 11.4 Å². The molecule has 1 unspecified atom stereocenters. The Morgan fingerprint density at radius 3 is 2.37 bits per heavy atom. The fraction of sp³-hybridized carbons (Fsp3) is 0.0857. The molecule has 8 nitrogen and oxygen atoms in total. The summed E-state index contributed by atoms with van der Waals surface area (Å²) in [5.41, 5.74) is 3.47. The first-order valence-electron chi connectivity index (χ1n) is 14.1. The van der Waals surface area contributed by atoms with Crippen LogP contribution in [-0.4, -0.2) is 35.1 Å². The number of rotatable bonds is 11. The van der Waals surface area contributed by atoms with Gasteiger partial charge in [0, 0.05) is 31.6 Å². The third-order valence-corrected chi connectivity index (χ3v) is 9.00. The summed E-state index contributed by atoms with van der Waals surface area (Å²) in [4.78, 5) is 44.5. The van der Waals surface area contributed by atoms with Gasteiger partial charge in [-0.15, -0.1) is 23.1 Å². The molecule has 0 radical (unpaired) electrons. The number of carbonyl (C=O) groups is 3. The normalized spacial score (nSPS) is 11.8. The Labute approximate surface area is 283 Å². The lowest BCUT2D eigenvalue weighted by atomic mass is 10.1. The van der Waals surface area contributed by atoms with E-state index in [1.165, 1.54) is 23.1 Å². The average Bonchev–Trinajstić information content (AvgIpc) is 3.55. The number of amides is 3. The molecule has 1 heterocycles. The summed E-state index contributed by atoms with van der Waals surface area (Å²) >= 11 is 6.15. The van der Waals surface area contributed by atoms with Gasteiger partial charge in [-0.05, 0) is 79.2 Å². The molecule has 232 valence electrons. The molecule has 0 aliphatic carbocycles. The van der Waals surface area contributed by atoms with Crippen molar-refractivity contribution >= 4 is 73.6 Å². The number of carbonyl (C=O) groups excluding carboxylic acids is 3. The number of aromatic nitrogens is 1. The largest absolute Gasteiger partial charge is 0.497 e. The predicted octanol–water partition coefficient (Wildman–Crippen LogP) is 8.11. The van der Waals surface area contributed by atoms with Gasteiger partial charge in [-0.1, -0.05) is 58.4 Å². The highest BCUT2D eigenvalue weighted by molar-refractivity contribution is 9.10. The molecule has 3 amide bonds. The van der Waals surface area contributed by atoms with Crippen LogP contribution in [-0.2, 0) is 9.59 Å².